The standard InChI is InChI=1S/C19H22ClN3O2S/c1-13-4-3-5-14(2)18(13)21-17(24)12-22-8-10-23(11-9-22)19(25)15-6-7-16(20)26-15/h3-7H,8-12H2,1-2H3,(H,21,24)/p+1. The number of carbonyl (C=O) groups excluding carboxylic acids is 2. The first-order chi connectivity index (χ1) is 12.4. The minimum absolute atomic E-state index is 0.0159. The van der Waals surface area contributed by atoms with Crippen LogP contribution < -0.4 is 10.2 Å². The normalized spacial score (nSPS) is 15.1. The molecule has 26 heavy (non-hydrogen) atoms. The fourth-order valence-corrected chi connectivity index (χ4v) is 4.22. The molecule has 3 rings (SSSR count). The van der Waals surface area contributed by atoms with Crippen LogP contribution in [0.1, 0.15) is 20.8 Å². The number of nitrogens with one attached hydrogen (secondary N) is 2. The summed E-state index contributed by atoms with van der Waals surface area (Å²) in [4.78, 5) is 28.6. The number of hydrogen-bond donors (Lipinski definition) is 2. The monoisotopic (exact) mass is 392 g/mol. The molecule has 0 radical (unpaired) electrons. The molecule has 0 spiro atoms. The van der Waals surface area contributed by atoms with Gasteiger partial charge < -0.3 is 15.1 Å². The van der Waals surface area contributed by atoms with Crippen molar-refractivity contribution in [2.45, 2.75) is 13.8 Å². The summed E-state index contributed by atoms with van der Waals surface area (Å²) in [6, 6.07) is 9.50. The van der Waals surface area contributed by atoms with Gasteiger partial charge in [-0.15, -0.1) is 11.3 Å². The molecule has 2 heterocycles. The van der Waals surface area contributed by atoms with Crippen molar-refractivity contribution in [1.82, 2.24) is 4.90 Å². The molecular weight excluding hydrogens is 370 g/mol. The Morgan fingerprint density at radius 1 is 1.15 bits per heavy atom. The number of quaternary nitrogens is 1. The zero-order valence-corrected chi connectivity index (χ0v) is 16.5. The predicted molar refractivity (Wildman–Crippen MR) is 105 cm³/mol. The Morgan fingerprint density at radius 3 is 2.38 bits per heavy atom. The van der Waals surface area contributed by atoms with Gasteiger partial charge in [-0.05, 0) is 37.1 Å². The number of piperazine rings is 1. The zero-order valence-electron chi connectivity index (χ0n) is 15.0. The zero-order chi connectivity index (χ0) is 18.7. The van der Waals surface area contributed by atoms with Crippen LogP contribution in [0.4, 0.5) is 5.69 Å². The SMILES string of the molecule is Cc1cccc(C)c1NC(=O)C[NH+]1CCN(C(=O)c2ccc(Cl)s2)CC1. The molecule has 5 nitrogen and oxygen atoms in total. The molecular formula is C19H23ClN3O2S+. The van der Waals surface area contributed by atoms with Gasteiger partial charge in [-0.1, -0.05) is 29.8 Å². The van der Waals surface area contributed by atoms with Crippen molar-refractivity contribution in [3.63, 3.8) is 0 Å². The molecule has 1 aliphatic heterocycles. The lowest BCUT2D eigenvalue weighted by Crippen LogP contribution is -3.15. The Balaban J connectivity index is 1.51. The van der Waals surface area contributed by atoms with Crippen molar-refractivity contribution in [2.24, 2.45) is 0 Å². The maximum atomic E-state index is 12.4. The van der Waals surface area contributed by atoms with Gasteiger partial charge in [0, 0.05) is 5.69 Å². The second-order valence-corrected chi connectivity index (χ2v) is 8.35. The van der Waals surface area contributed by atoms with Gasteiger partial charge in [0.2, 0.25) is 0 Å². The Morgan fingerprint density at radius 2 is 1.81 bits per heavy atom. The molecule has 0 bridgehead atoms. The molecule has 7 heteroatoms. The minimum atomic E-state index is 0.0159. The summed E-state index contributed by atoms with van der Waals surface area (Å²) in [5.74, 6) is 0.0446. The van der Waals surface area contributed by atoms with E-state index in [0.717, 1.165) is 29.9 Å². The summed E-state index contributed by atoms with van der Waals surface area (Å²) in [7, 11) is 0. The molecule has 1 aromatic carbocycles. The molecule has 1 aromatic heterocycles. The summed E-state index contributed by atoms with van der Waals surface area (Å²) < 4.78 is 0.626. The first-order valence-electron chi connectivity index (χ1n) is 8.68. The smallest absolute Gasteiger partial charge is 0.279 e. The van der Waals surface area contributed by atoms with Crippen LogP contribution in [0.15, 0.2) is 30.3 Å². The summed E-state index contributed by atoms with van der Waals surface area (Å²) in [5, 5.41) is 3.04. The number of benzene rings is 1. The second-order valence-electron chi connectivity index (χ2n) is 6.64. The fourth-order valence-electron chi connectivity index (χ4n) is 3.21. The highest BCUT2D eigenvalue weighted by Gasteiger charge is 2.26. The molecule has 0 aliphatic carbocycles. The predicted octanol–water partition coefficient (Wildman–Crippen LogP) is 2.00. The van der Waals surface area contributed by atoms with Gasteiger partial charge in [0.15, 0.2) is 6.54 Å². The van der Waals surface area contributed by atoms with Gasteiger partial charge in [-0.25, -0.2) is 0 Å². The van der Waals surface area contributed by atoms with E-state index in [1.165, 1.54) is 16.2 Å². The van der Waals surface area contributed by atoms with Crippen LogP contribution >= 0.6 is 22.9 Å². The molecule has 1 fully saturated rings. The Bertz CT molecular complexity index is 793. The third-order valence-corrected chi connectivity index (χ3v) is 5.92. The van der Waals surface area contributed by atoms with Gasteiger partial charge >= 0.3 is 0 Å². The van der Waals surface area contributed by atoms with Crippen molar-refractivity contribution in [3.05, 3.63) is 50.7 Å². The quantitative estimate of drug-likeness (QED) is 0.836. The number of nitrogens with zero attached hydrogens (tertiary/aromatic N) is 1. The lowest BCUT2D eigenvalue weighted by atomic mass is 10.1. The van der Waals surface area contributed by atoms with Crippen molar-refractivity contribution >= 4 is 40.4 Å². The number of rotatable bonds is 4. The third kappa shape index (κ3) is 4.44. The molecule has 0 saturated carbocycles. The Labute approximate surface area is 162 Å². The second kappa shape index (κ2) is 8.20. The number of aryl methyl sites for hydroxylation is 2. The summed E-state index contributed by atoms with van der Waals surface area (Å²) in [6.45, 7) is 7.25. The van der Waals surface area contributed by atoms with Gasteiger partial charge in [-0.2, -0.15) is 0 Å². The van der Waals surface area contributed by atoms with Gasteiger partial charge in [0.05, 0.1) is 35.4 Å². The van der Waals surface area contributed by atoms with Gasteiger partial charge in [-0.3, -0.25) is 9.59 Å². The van der Waals surface area contributed by atoms with Crippen LogP contribution in [0.25, 0.3) is 0 Å². The Hall–Kier alpha value is -1.89. The maximum Gasteiger partial charge on any atom is 0.279 e. The average Bonchev–Trinajstić information content (AvgIpc) is 3.05. The van der Waals surface area contributed by atoms with Crippen LogP contribution in [-0.2, 0) is 4.79 Å². The highest BCUT2D eigenvalue weighted by Crippen LogP contribution is 2.22. The fraction of sp³-hybridized carbons (Fsp3) is 0.368. The Kier molecular flexibility index (Phi) is 5.96. The number of anilines is 1. The van der Waals surface area contributed by atoms with E-state index in [1.54, 1.807) is 12.1 Å². The molecule has 2 N–H and O–H groups in total. The first-order valence-corrected chi connectivity index (χ1v) is 9.87. The van der Waals surface area contributed by atoms with E-state index >= 15 is 0 Å². The van der Waals surface area contributed by atoms with Crippen molar-refractivity contribution < 1.29 is 14.5 Å². The van der Waals surface area contributed by atoms with E-state index in [2.05, 4.69) is 5.32 Å². The third-order valence-electron chi connectivity index (χ3n) is 4.70. The number of amides is 2. The summed E-state index contributed by atoms with van der Waals surface area (Å²) >= 11 is 7.22. The first kappa shape index (κ1) is 18.9. The number of thiophene rings is 1. The number of hydrogen-bond acceptors (Lipinski definition) is 3. The van der Waals surface area contributed by atoms with Crippen LogP contribution in [-0.4, -0.2) is 49.4 Å². The average molecular weight is 393 g/mol. The lowest BCUT2D eigenvalue weighted by Gasteiger charge is -2.31. The molecule has 0 unspecified atom stereocenters. The van der Waals surface area contributed by atoms with Crippen LogP contribution in [0.5, 0.6) is 0 Å². The van der Waals surface area contributed by atoms with Crippen LogP contribution in [0, 0.1) is 13.8 Å². The molecule has 2 aromatic rings. The van der Waals surface area contributed by atoms with E-state index in [-0.39, 0.29) is 11.8 Å². The van der Waals surface area contributed by atoms with E-state index in [9.17, 15) is 9.59 Å². The molecule has 1 saturated heterocycles. The summed E-state index contributed by atoms with van der Waals surface area (Å²) in [5.41, 5.74) is 3.04. The highest BCUT2D eigenvalue weighted by molar-refractivity contribution is 7.17. The highest BCUT2D eigenvalue weighted by atomic mass is 35.5. The topological polar surface area (TPSA) is 53.9 Å². The maximum absolute atomic E-state index is 12.4. The molecule has 0 atom stereocenters. The van der Waals surface area contributed by atoms with Gasteiger partial charge in [0.1, 0.15) is 0 Å². The van der Waals surface area contributed by atoms with Crippen molar-refractivity contribution in [1.29, 1.82) is 0 Å². The van der Waals surface area contributed by atoms with Gasteiger partial charge in [0.25, 0.3) is 11.8 Å². The molecule has 138 valence electrons. The number of carbonyl (C=O) groups is 2. The van der Waals surface area contributed by atoms with E-state index in [0.29, 0.717) is 28.8 Å². The molecule has 2 amide bonds. The largest absolute Gasteiger partial charge is 0.327 e. The van der Waals surface area contributed by atoms with E-state index < -0.39 is 0 Å². The lowest BCUT2D eigenvalue weighted by molar-refractivity contribution is -0.895. The van der Waals surface area contributed by atoms with Crippen molar-refractivity contribution in [2.75, 3.05) is 38.0 Å². The van der Waals surface area contributed by atoms with Crippen molar-refractivity contribution in [3.8, 4) is 0 Å². The van der Waals surface area contributed by atoms with Crippen LogP contribution in [0.3, 0.4) is 0 Å². The number of para-hydroxylation sites is 1. The minimum Gasteiger partial charge on any atom is -0.327 e. The van der Waals surface area contributed by atoms with Crippen LogP contribution in [0.2, 0.25) is 4.34 Å². The molecule has 1 aliphatic rings. The van der Waals surface area contributed by atoms with E-state index in [1.807, 2.05) is 36.9 Å². The number of halogens is 1. The van der Waals surface area contributed by atoms with E-state index in [4.69, 9.17) is 11.6 Å². The summed E-state index contributed by atoms with van der Waals surface area (Å²) in [6.07, 6.45) is 0.